The maximum Gasteiger partial charge on any atom is 0.309 e. The van der Waals surface area contributed by atoms with E-state index in [1.807, 2.05) is 41.4 Å². The molecule has 0 spiro atoms. The largest absolute Gasteiger partial charge is 0.481 e. The first-order valence-corrected chi connectivity index (χ1v) is 13.0. The predicted octanol–water partition coefficient (Wildman–Crippen LogP) is 3.91. The number of carbonyl (C=O) groups excluding carboxylic acids is 1. The zero-order valence-corrected chi connectivity index (χ0v) is 24.7. The van der Waals surface area contributed by atoms with Gasteiger partial charge in [-0.15, -0.1) is 0 Å². The number of halogens is 2. The first kappa shape index (κ1) is 31.4. The number of carbonyl (C=O) groups is 2. The molecule has 1 radical (unpaired) electrons. The smallest absolute Gasteiger partial charge is 0.309 e. The second kappa shape index (κ2) is 15.0. The van der Waals surface area contributed by atoms with E-state index in [1.54, 1.807) is 18.3 Å². The topological polar surface area (TPSA) is 130 Å². The van der Waals surface area contributed by atoms with Gasteiger partial charge >= 0.3 is 5.97 Å². The standard InChI is InChI=1S/C16H20ClN5O.C11H9ClN2O2.V/c1-21-6-8-22(9-7-21)20-15(23)10-14-11-18-16(19-14)12-2-4-13(17)5-3-12;12-8-3-1-7(2-4-8)11-13-6-9(14-11)5-10(15)16;/h2-5,11H,6-10H2,1H3,(H,18,19)(H,20,23);1-4,6H,5H2,(H,13,14)(H,15,16);. The van der Waals surface area contributed by atoms with Gasteiger partial charge in [0, 0.05) is 89.7 Å². The van der Waals surface area contributed by atoms with Gasteiger partial charge in [-0.3, -0.25) is 15.0 Å². The first-order chi connectivity index (χ1) is 18.7. The van der Waals surface area contributed by atoms with E-state index in [4.69, 9.17) is 28.3 Å². The minimum atomic E-state index is -0.883. The molecule has 209 valence electrons. The Morgan fingerprint density at radius 3 is 1.73 bits per heavy atom. The van der Waals surface area contributed by atoms with E-state index in [2.05, 4.69) is 37.3 Å². The molecule has 0 aliphatic carbocycles. The first-order valence-electron chi connectivity index (χ1n) is 12.3. The predicted molar refractivity (Wildman–Crippen MR) is 150 cm³/mol. The average molecular weight is 621 g/mol. The number of amides is 1. The monoisotopic (exact) mass is 620 g/mol. The summed E-state index contributed by atoms with van der Waals surface area (Å²) in [6.45, 7) is 3.62. The van der Waals surface area contributed by atoms with Crippen LogP contribution in [0.1, 0.15) is 11.4 Å². The molecule has 4 aromatic rings. The average Bonchev–Trinajstić information content (AvgIpc) is 3.56. The molecule has 1 fully saturated rings. The zero-order valence-electron chi connectivity index (χ0n) is 21.8. The Morgan fingerprint density at radius 2 is 1.27 bits per heavy atom. The summed E-state index contributed by atoms with van der Waals surface area (Å²) in [6, 6.07) is 14.6. The molecule has 2 aromatic heterocycles. The number of rotatable bonds is 7. The van der Waals surface area contributed by atoms with Crippen molar-refractivity contribution in [1.29, 1.82) is 0 Å². The summed E-state index contributed by atoms with van der Waals surface area (Å²) in [7, 11) is 2.09. The van der Waals surface area contributed by atoms with E-state index in [0.29, 0.717) is 21.6 Å². The number of piperazine rings is 1. The molecule has 3 heterocycles. The minimum Gasteiger partial charge on any atom is -0.481 e. The second-order valence-corrected chi connectivity index (χ2v) is 9.97. The third-order valence-corrected chi connectivity index (χ3v) is 6.47. The number of carboxylic acid groups (broad SMARTS) is 1. The van der Waals surface area contributed by atoms with Gasteiger partial charge in [-0.25, -0.2) is 15.0 Å². The molecule has 5 rings (SSSR count). The van der Waals surface area contributed by atoms with Crippen molar-refractivity contribution in [1.82, 2.24) is 35.3 Å². The van der Waals surface area contributed by atoms with E-state index < -0.39 is 5.97 Å². The van der Waals surface area contributed by atoms with Crippen LogP contribution in [0.2, 0.25) is 10.0 Å². The molecule has 0 saturated carbocycles. The summed E-state index contributed by atoms with van der Waals surface area (Å²) in [5, 5.41) is 11.9. The summed E-state index contributed by atoms with van der Waals surface area (Å²) in [5.41, 5.74) is 6.14. The molecule has 0 bridgehead atoms. The van der Waals surface area contributed by atoms with Crippen LogP contribution in [0.15, 0.2) is 60.9 Å². The third kappa shape index (κ3) is 9.51. The van der Waals surface area contributed by atoms with Gasteiger partial charge in [-0.05, 0) is 55.6 Å². The number of nitrogens with one attached hydrogen (secondary N) is 3. The van der Waals surface area contributed by atoms with Crippen LogP contribution < -0.4 is 5.43 Å². The van der Waals surface area contributed by atoms with Crippen molar-refractivity contribution in [2.75, 3.05) is 33.2 Å². The van der Waals surface area contributed by atoms with Crippen molar-refractivity contribution in [3.63, 3.8) is 0 Å². The Hall–Kier alpha value is -3.12. The molecule has 1 saturated heterocycles. The Kier molecular flexibility index (Phi) is 11.8. The van der Waals surface area contributed by atoms with Crippen LogP contribution in [-0.4, -0.2) is 80.1 Å². The van der Waals surface area contributed by atoms with E-state index in [9.17, 15) is 9.59 Å². The van der Waals surface area contributed by atoms with Crippen LogP contribution in [0, 0.1) is 0 Å². The molecule has 1 aliphatic rings. The van der Waals surface area contributed by atoms with Crippen LogP contribution in [-0.2, 0) is 41.0 Å². The molecule has 0 atom stereocenters. The van der Waals surface area contributed by atoms with E-state index in [0.717, 1.165) is 48.8 Å². The van der Waals surface area contributed by atoms with Crippen LogP contribution >= 0.6 is 23.2 Å². The molecule has 1 aliphatic heterocycles. The van der Waals surface area contributed by atoms with Crippen LogP contribution in [0.25, 0.3) is 22.8 Å². The van der Waals surface area contributed by atoms with Gasteiger partial charge in [0.1, 0.15) is 11.6 Å². The molecular formula is C27H29Cl2N7O3V. The Morgan fingerprint density at radius 1 is 0.825 bits per heavy atom. The van der Waals surface area contributed by atoms with E-state index >= 15 is 0 Å². The van der Waals surface area contributed by atoms with Gasteiger partial charge < -0.3 is 20.0 Å². The number of hydrazine groups is 1. The van der Waals surface area contributed by atoms with Gasteiger partial charge in [0.15, 0.2) is 0 Å². The molecule has 10 nitrogen and oxygen atoms in total. The number of hydrogen-bond acceptors (Lipinski definition) is 6. The fraction of sp³-hybridized carbons (Fsp3) is 0.259. The fourth-order valence-electron chi connectivity index (χ4n) is 3.88. The number of aliphatic carboxylic acids is 1. The van der Waals surface area contributed by atoms with Crippen molar-refractivity contribution in [2.24, 2.45) is 0 Å². The maximum absolute atomic E-state index is 12.1. The van der Waals surface area contributed by atoms with Crippen molar-refractivity contribution in [3.05, 3.63) is 82.4 Å². The Balaban J connectivity index is 0.000000229. The van der Waals surface area contributed by atoms with Crippen LogP contribution in [0.3, 0.4) is 0 Å². The summed E-state index contributed by atoms with van der Waals surface area (Å²) < 4.78 is 0. The summed E-state index contributed by atoms with van der Waals surface area (Å²) >= 11 is 11.6. The minimum absolute atomic E-state index is 0. The van der Waals surface area contributed by atoms with Crippen molar-refractivity contribution in [2.45, 2.75) is 12.8 Å². The fourth-order valence-corrected chi connectivity index (χ4v) is 4.13. The SMILES string of the molecule is CN1CCN(NC(=O)Cc2cnc(-c3ccc(Cl)cc3)[nH]2)CC1.O=C(O)Cc1cnc(-c2ccc(Cl)cc2)[nH]1.[V]. The Labute approximate surface area is 254 Å². The van der Waals surface area contributed by atoms with Gasteiger partial charge in [0.2, 0.25) is 5.91 Å². The van der Waals surface area contributed by atoms with Gasteiger partial charge in [-0.1, -0.05) is 23.2 Å². The molecular weight excluding hydrogens is 592 g/mol. The molecule has 0 unspecified atom stereocenters. The number of imidazole rings is 2. The molecule has 1 amide bonds. The molecule has 13 heteroatoms. The maximum atomic E-state index is 12.1. The Bertz CT molecular complexity index is 1390. The van der Waals surface area contributed by atoms with Crippen LogP contribution in [0.5, 0.6) is 0 Å². The summed E-state index contributed by atoms with van der Waals surface area (Å²) in [6.07, 6.45) is 3.46. The number of benzene rings is 2. The second-order valence-electron chi connectivity index (χ2n) is 9.10. The number of likely N-dealkylation sites (N-methyl/N-ethyl adjacent to an activating group) is 1. The van der Waals surface area contributed by atoms with Crippen molar-refractivity contribution in [3.8, 4) is 22.8 Å². The molecule has 40 heavy (non-hydrogen) atoms. The molecule has 2 aromatic carbocycles. The van der Waals surface area contributed by atoms with Crippen molar-refractivity contribution >= 4 is 35.1 Å². The number of carboxylic acids is 1. The number of aromatic amines is 2. The normalized spacial score (nSPS) is 13.6. The summed E-state index contributed by atoms with van der Waals surface area (Å²) in [4.78, 5) is 39.4. The van der Waals surface area contributed by atoms with Gasteiger partial charge in [-0.2, -0.15) is 0 Å². The van der Waals surface area contributed by atoms with E-state index in [-0.39, 0.29) is 37.3 Å². The summed E-state index contributed by atoms with van der Waals surface area (Å²) in [5.74, 6) is 0.476. The van der Waals surface area contributed by atoms with Gasteiger partial charge in [0.25, 0.3) is 0 Å². The zero-order chi connectivity index (χ0) is 27.8. The quantitative estimate of drug-likeness (QED) is 0.246. The molecule has 4 N–H and O–H groups in total. The number of nitrogens with zero attached hydrogens (tertiary/aromatic N) is 4. The number of hydrogen-bond donors (Lipinski definition) is 4. The number of aromatic nitrogens is 4. The van der Waals surface area contributed by atoms with Crippen LogP contribution in [0.4, 0.5) is 0 Å². The number of H-pyrrole nitrogens is 2. The van der Waals surface area contributed by atoms with E-state index in [1.165, 1.54) is 6.20 Å². The van der Waals surface area contributed by atoms with Crippen molar-refractivity contribution < 1.29 is 33.3 Å². The third-order valence-electron chi connectivity index (χ3n) is 5.97. The van der Waals surface area contributed by atoms with Gasteiger partial charge in [0.05, 0.1) is 12.8 Å².